The fourth-order valence-electron chi connectivity index (χ4n) is 3.86. The van der Waals surface area contributed by atoms with Crippen molar-refractivity contribution in [1.29, 1.82) is 0 Å². The first-order valence-corrected chi connectivity index (χ1v) is 12.1. The third-order valence-electron chi connectivity index (χ3n) is 5.58. The molecule has 8 nitrogen and oxygen atoms in total. The summed E-state index contributed by atoms with van der Waals surface area (Å²) in [5, 5.41) is 0.0956. The van der Waals surface area contributed by atoms with Crippen LogP contribution in [0.2, 0.25) is 5.28 Å². The van der Waals surface area contributed by atoms with Crippen molar-refractivity contribution in [2.75, 3.05) is 32.1 Å². The van der Waals surface area contributed by atoms with Gasteiger partial charge in [-0.2, -0.15) is 4.98 Å². The van der Waals surface area contributed by atoms with Crippen molar-refractivity contribution < 1.29 is 0 Å². The topological polar surface area (TPSA) is 79.2 Å². The summed E-state index contributed by atoms with van der Waals surface area (Å²) in [4.78, 5) is 36.8. The highest BCUT2D eigenvalue weighted by molar-refractivity contribution is 7.99. The van der Waals surface area contributed by atoms with Gasteiger partial charge in [-0.05, 0) is 62.9 Å². The number of anilines is 2. The Morgan fingerprint density at radius 2 is 1.56 bits per heavy atom. The molecular weight excluding hydrogens is 472 g/mol. The van der Waals surface area contributed by atoms with Crippen LogP contribution in [0, 0.1) is 0 Å². The average Bonchev–Trinajstić information content (AvgIpc) is 3.23. The molecule has 5 rings (SSSR count). The monoisotopic (exact) mass is 498 g/mol. The molecule has 0 aliphatic carbocycles. The molecule has 1 aliphatic heterocycles. The smallest absolute Gasteiger partial charge is 0.332 e. The van der Waals surface area contributed by atoms with Crippen LogP contribution in [-0.4, -0.2) is 51.2 Å². The van der Waals surface area contributed by atoms with Gasteiger partial charge in [-0.3, -0.25) is 13.9 Å². The van der Waals surface area contributed by atoms with E-state index >= 15 is 0 Å². The Labute approximate surface area is 206 Å². The summed E-state index contributed by atoms with van der Waals surface area (Å²) in [5.74, 6) is 0. The summed E-state index contributed by atoms with van der Waals surface area (Å²) in [6, 6.07) is 17.4. The number of hydrogen-bond donors (Lipinski definition) is 1. The number of nitrogens with one attached hydrogen (secondary N) is 1. The van der Waals surface area contributed by atoms with Crippen LogP contribution in [0.5, 0.6) is 0 Å². The Bertz CT molecular complexity index is 1400. The summed E-state index contributed by atoms with van der Waals surface area (Å²) < 4.78 is 2.26. The Hall–Kier alpha value is -3.01. The van der Waals surface area contributed by atoms with E-state index in [0.29, 0.717) is 0 Å². The first kappa shape index (κ1) is 24.1. The average molecular weight is 499 g/mol. The highest BCUT2D eigenvalue weighted by Crippen LogP contribution is 2.47. The first-order valence-electron chi connectivity index (χ1n) is 10.9. The molecule has 1 N–H and O–H groups in total. The maximum absolute atomic E-state index is 11.5. The van der Waals surface area contributed by atoms with E-state index in [0.717, 1.165) is 17.7 Å². The number of para-hydroxylation sites is 2. The van der Waals surface area contributed by atoms with Crippen LogP contribution in [0.1, 0.15) is 6.42 Å². The summed E-state index contributed by atoms with van der Waals surface area (Å²) in [6.45, 7) is 2.18. The summed E-state index contributed by atoms with van der Waals surface area (Å²) >= 11 is 7.48. The second-order valence-corrected chi connectivity index (χ2v) is 9.72. The number of H-pyrrole nitrogens is 1. The lowest BCUT2D eigenvalue weighted by Gasteiger charge is -2.33. The first-order chi connectivity index (χ1) is 16.3. The van der Waals surface area contributed by atoms with Gasteiger partial charge in [0.2, 0.25) is 5.28 Å². The fourth-order valence-corrected chi connectivity index (χ4v) is 5.14. The number of aromatic nitrogens is 4. The van der Waals surface area contributed by atoms with Crippen molar-refractivity contribution in [3.63, 3.8) is 0 Å². The van der Waals surface area contributed by atoms with Crippen LogP contribution in [0.3, 0.4) is 0 Å². The predicted octanol–water partition coefficient (Wildman–Crippen LogP) is 3.85. The standard InChI is InChI=1S/C17H20N2S.C7H7ClN4O2/c1-18(2)12-7-13-19-14-8-3-5-10-16(14)20-17-11-6-4-9-15(17)19;1-11-4-3(9-6(8)10-4)5(13)12(2)7(11)14/h3-6,8-11H,7,12-13H2,1-2H3;1-2H3,(H,9,10). The molecule has 3 heterocycles. The van der Waals surface area contributed by atoms with Crippen molar-refractivity contribution in [1.82, 2.24) is 24.0 Å². The van der Waals surface area contributed by atoms with Gasteiger partial charge in [-0.1, -0.05) is 36.0 Å². The Kier molecular flexibility index (Phi) is 7.16. The van der Waals surface area contributed by atoms with Crippen LogP contribution in [-0.2, 0) is 14.1 Å². The van der Waals surface area contributed by atoms with E-state index in [4.69, 9.17) is 11.6 Å². The molecule has 0 spiro atoms. The molecule has 0 atom stereocenters. The van der Waals surface area contributed by atoms with Crippen molar-refractivity contribution >= 4 is 45.9 Å². The largest absolute Gasteiger partial charge is 0.340 e. The second-order valence-electron chi connectivity index (χ2n) is 8.28. The van der Waals surface area contributed by atoms with E-state index in [1.807, 2.05) is 11.8 Å². The lowest BCUT2D eigenvalue weighted by atomic mass is 10.2. The maximum atomic E-state index is 11.5. The second kappa shape index (κ2) is 10.1. The number of aromatic amines is 1. The number of rotatable bonds is 4. The Morgan fingerprint density at radius 3 is 2.15 bits per heavy atom. The molecule has 4 aromatic rings. The lowest BCUT2D eigenvalue weighted by molar-refractivity contribution is 0.402. The van der Waals surface area contributed by atoms with Crippen LogP contribution < -0.4 is 16.1 Å². The van der Waals surface area contributed by atoms with Gasteiger partial charge in [-0.25, -0.2) is 4.79 Å². The number of nitrogens with zero attached hydrogens (tertiary/aromatic N) is 5. The number of hydrogen-bond acceptors (Lipinski definition) is 6. The maximum Gasteiger partial charge on any atom is 0.332 e. The van der Waals surface area contributed by atoms with Gasteiger partial charge in [0.05, 0.1) is 11.4 Å². The van der Waals surface area contributed by atoms with Gasteiger partial charge in [0.25, 0.3) is 5.56 Å². The van der Waals surface area contributed by atoms with Crippen LogP contribution >= 0.6 is 23.4 Å². The van der Waals surface area contributed by atoms with Gasteiger partial charge < -0.3 is 14.8 Å². The van der Waals surface area contributed by atoms with E-state index in [1.54, 1.807) is 0 Å². The SMILES string of the molecule is CN(C)CCCN1c2ccccc2Sc2ccccc21.Cn1c(=O)c2[nH]c(Cl)nc2n(C)c1=O. The Morgan fingerprint density at radius 1 is 0.971 bits per heavy atom. The van der Waals surface area contributed by atoms with Gasteiger partial charge in [0.1, 0.15) is 0 Å². The zero-order chi connectivity index (χ0) is 24.4. The molecule has 0 bridgehead atoms. The minimum absolute atomic E-state index is 0.0956. The zero-order valence-electron chi connectivity index (χ0n) is 19.6. The number of benzene rings is 2. The van der Waals surface area contributed by atoms with Crippen molar-refractivity contribution in [2.45, 2.75) is 16.2 Å². The van der Waals surface area contributed by atoms with E-state index < -0.39 is 11.2 Å². The van der Waals surface area contributed by atoms with Crippen LogP contribution in [0.4, 0.5) is 11.4 Å². The fraction of sp³-hybridized carbons (Fsp3) is 0.292. The molecule has 0 saturated heterocycles. The minimum Gasteiger partial charge on any atom is -0.340 e. The number of halogens is 1. The predicted molar refractivity (Wildman–Crippen MR) is 139 cm³/mol. The quantitative estimate of drug-likeness (QED) is 0.430. The lowest BCUT2D eigenvalue weighted by Crippen LogP contribution is -2.36. The van der Waals surface area contributed by atoms with Crippen LogP contribution in [0.25, 0.3) is 11.2 Å². The van der Waals surface area contributed by atoms with E-state index in [-0.39, 0.29) is 16.4 Å². The summed E-state index contributed by atoms with van der Waals surface area (Å²) in [6.07, 6.45) is 1.17. The molecule has 0 unspecified atom stereocenters. The molecule has 0 radical (unpaired) electrons. The molecule has 10 heteroatoms. The number of fused-ring (bicyclic) bond motifs is 3. The number of imidazole rings is 1. The number of aryl methyl sites for hydroxylation is 1. The van der Waals surface area contributed by atoms with Crippen molar-refractivity contribution in [3.8, 4) is 0 Å². The van der Waals surface area contributed by atoms with Gasteiger partial charge in [-0.15, -0.1) is 0 Å². The molecule has 2 aromatic carbocycles. The third kappa shape index (κ3) is 4.77. The zero-order valence-corrected chi connectivity index (χ0v) is 21.2. The van der Waals surface area contributed by atoms with Gasteiger partial charge >= 0.3 is 5.69 Å². The van der Waals surface area contributed by atoms with Gasteiger partial charge in [0.15, 0.2) is 11.2 Å². The molecule has 0 saturated carbocycles. The molecule has 2 aromatic heterocycles. The highest BCUT2D eigenvalue weighted by atomic mass is 35.5. The van der Waals surface area contributed by atoms with E-state index in [1.165, 1.54) is 46.2 Å². The Balaban J connectivity index is 0.000000172. The summed E-state index contributed by atoms with van der Waals surface area (Å²) in [5.41, 5.74) is 2.33. The molecule has 1 aliphatic rings. The molecule has 34 heavy (non-hydrogen) atoms. The van der Waals surface area contributed by atoms with Gasteiger partial charge in [0, 0.05) is 30.4 Å². The van der Waals surface area contributed by atoms with Crippen molar-refractivity contribution in [2.24, 2.45) is 14.1 Å². The third-order valence-corrected chi connectivity index (χ3v) is 6.89. The minimum atomic E-state index is -0.428. The molecule has 0 amide bonds. The van der Waals surface area contributed by atoms with Crippen LogP contribution in [0.15, 0.2) is 67.9 Å². The molecule has 178 valence electrons. The van der Waals surface area contributed by atoms with Crippen molar-refractivity contribution in [3.05, 3.63) is 74.7 Å². The molecular formula is C24H27ClN6O2S. The normalized spacial score (nSPS) is 12.4. The molecule has 0 fully saturated rings. The van der Waals surface area contributed by atoms with E-state index in [2.05, 4.69) is 82.4 Å². The van der Waals surface area contributed by atoms with E-state index in [9.17, 15) is 9.59 Å². The summed E-state index contributed by atoms with van der Waals surface area (Å²) in [7, 11) is 7.20. The highest BCUT2D eigenvalue weighted by Gasteiger charge is 2.22.